The summed E-state index contributed by atoms with van der Waals surface area (Å²) in [6.07, 6.45) is -5.08. The summed E-state index contributed by atoms with van der Waals surface area (Å²) in [7, 11) is 0. The van der Waals surface area contributed by atoms with Crippen LogP contribution in [0.25, 0.3) is 0 Å². The molecule has 5 nitrogen and oxygen atoms in total. The number of benzene rings is 1. The van der Waals surface area contributed by atoms with Crippen molar-refractivity contribution in [2.75, 3.05) is 18.4 Å². The molecule has 0 spiro atoms. The van der Waals surface area contributed by atoms with E-state index in [0.717, 1.165) is 13.1 Å². The molecule has 21 heavy (non-hydrogen) atoms. The third kappa shape index (κ3) is 5.58. The zero-order valence-electron chi connectivity index (χ0n) is 10.3. The summed E-state index contributed by atoms with van der Waals surface area (Å²) >= 11 is 3.27. The van der Waals surface area contributed by atoms with E-state index in [0.29, 0.717) is 16.1 Å². The lowest BCUT2D eigenvalue weighted by Crippen LogP contribution is -2.26. The van der Waals surface area contributed by atoms with Crippen LogP contribution in [0.3, 0.4) is 0 Å². The van der Waals surface area contributed by atoms with Crippen LogP contribution >= 0.6 is 15.9 Å². The predicted molar refractivity (Wildman–Crippen MR) is 71.7 cm³/mol. The average Bonchev–Trinajstić information content (AvgIpc) is 2.86. The first-order chi connectivity index (χ1) is 9.71. The zero-order chi connectivity index (χ0) is 16.0. The molecule has 0 radical (unpaired) electrons. The molecule has 0 bridgehead atoms. The number of nitrogens with one attached hydrogen (secondary N) is 2. The molecule has 0 aromatic heterocycles. The number of guanidine groups is 1. The predicted octanol–water partition coefficient (Wildman–Crippen LogP) is 2.59. The van der Waals surface area contributed by atoms with E-state index in [2.05, 4.69) is 31.6 Å². The van der Waals surface area contributed by atoms with Crippen molar-refractivity contribution in [1.29, 1.82) is 0 Å². The van der Waals surface area contributed by atoms with Gasteiger partial charge in [0.15, 0.2) is 5.96 Å². The topological polar surface area (TPSA) is 73.7 Å². The Bertz CT molecular complexity index is 529. The molecule has 116 valence electrons. The molecule has 3 N–H and O–H groups in total. The lowest BCUT2D eigenvalue weighted by molar-refractivity contribution is -0.192. The van der Waals surface area contributed by atoms with Crippen molar-refractivity contribution in [3.63, 3.8) is 0 Å². The van der Waals surface area contributed by atoms with Crippen molar-refractivity contribution < 1.29 is 27.5 Å². The third-order valence-electron chi connectivity index (χ3n) is 2.12. The molecule has 1 aliphatic rings. The minimum Gasteiger partial charge on any atom is -0.475 e. The molecule has 0 saturated heterocycles. The van der Waals surface area contributed by atoms with E-state index >= 15 is 0 Å². The number of para-hydroxylation sites is 1. The normalized spacial score (nSPS) is 13.7. The number of aliphatic carboxylic acids is 1. The fourth-order valence-electron chi connectivity index (χ4n) is 1.22. The fraction of sp³-hybridized carbons (Fsp3) is 0.273. The summed E-state index contributed by atoms with van der Waals surface area (Å²) in [6, 6.07) is 4.83. The molecule has 1 aromatic carbocycles. The van der Waals surface area contributed by atoms with Gasteiger partial charge in [-0.25, -0.2) is 9.18 Å². The van der Waals surface area contributed by atoms with Crippen LogP contribution in [-0.4, -0.2) is 36.3 Å². The van der Waals surface area contributed by atoms with Crippen LogP contribution in [0.5, 0.6) is 0 Å². The van der Waals surface area contributed by atoms with Gasteiger partial charge in [-0.05, 0) is 28.1 Å². The van der Waals surface area contributed by atoms with Gasteiger partial charge in [-0.1, -0.05) is 6.07 Å². The number of rotatable bonds is 1. The van der Waals surface area contributed by atoms with Crippen LogP contribution in [0.4, 0.5) is 23.2 Å². The van der Waals surface area contributed by atoms with Crippen LogP contribution < -0.4 is 10.6 Å². The van der Waals surface area contributed by atoms with Crippen LogP contribution in [0.15, 0.2) is 27.7 Å². The number of alkyl halides is 3. The lowest BCUT2D eigenvalue weighted by Gasteiger charge is -2.09. The molecule has 0 amide bonds. The van der Waals surface area contributed by atoms with Crippen molar-refractivity contribution >= 4 is 33.5 Å². The van der Waals surface area contributed by atoms with E-state index in [1.54, 1.807) is 12.1 Å². The standard InChI is InChI=1S/C9H9BrFN3.C2HF3O2/c10-6-2-1-3-7(11)8(6)14-9-12-4-5-13-9;3-2(4,5)1(6)7/h1-3H,4-5H2,(H2,12,13,14);(H,6,7). The van der Waals surface area contributed by atoms with E-state index in [9.17, 15) is 17.6 Å². The molecule has 0 fully saturated rings. The average molecular weight is 372 g/mol. The summed E-state index contributed by atoms with van der Waals surface area (Å²) in [5.41, 5.74) is 0.417. The molecule has 2 rings (SSSR count). The molecule has 1 aromatic rings. The molecular formula is C11H10BrF4N3O2. The van der Waals surface area contributed by atoms with Gasteiger partial charge in [0.2, 0.25) is 0 Å². The van der Waals surface area contributed by atoms with Gasteiger partial charge in [0, 0.05) is 11.0 Å². The van der Waals surface area contributed by atoms with Gasteiger partial charge in [0.05, 0.1) is 12.2 Å². The van der Waals surface area contributed by atoms with Crippen molar-refractivity contribution in [3.05, 3.63) is 28.5 Å². The van der Waals surface area contributed by atoms with E-state index in [4.69, 9.17) is 9.90 Å². The van der Waals surface area contributed by atoms with Crippen molar-refractivity contribution in [2.24, 2.45) is 4.99 Å². The Morgan fingerprint density at radius 3 is 2.48 bits per heavy atom. The number of carbonyl (C=O) groups is 1. The number of hydrogen-bond donors (Lipinski definition) is 3. The first kappa shape index (κ1) is 17.2. The first-order valence-corrected chi connectivity index (χ1v) is 6.30. The first-order valence-electron chi connectivity index (χ1n) is 5.51. The highest BCUT2D eigenvalue weighted by Gasteiger charge is 2.38. The number of halogens is 5. The second-order valence-electron chi connectivity index (χ2n) is 3.68. The van der Waals surface area contributed by atoms with Gasteiger partial charge in [-0.15, -0.1) is 0 Å². The maximum atomic E-state index is 13.3. The molecular weight excluding hydrogens is 362 g/mol. The lowest BCUT2D eigenvalue weighted by atomic mass is 10.3. The molecule has 0 atom stereocenters. The number of aliphatic imine (C=N–C) groups is 1. The second kappa shape index (κ2) is 7.25. The van der Waals surface area contributed by atoms with Crippen LogP contribution in [0.2, 0.25) is 0 Å². The van der Waals surface area contributed by atoms with Gasteiger partial charge >= 0.3 is 12.1 Å². The van der Waals surface area contributed by atoms with Gasteiger partial charge in [-0.3, -0.25) is 4.99 Å². The monoisotopic (exact) mass is 371 g/mol. The van der Waals surface area contributed by atoms with Gasteiger partial charge in [0.25, 0.3) is 0 Å². The number of hydrogen-bond acceptors (Lipinski definition) is 4. The quantitative estimate of drug-likeness (QED) is 0.663. The van der Waals surface area contributed by atoms with E-state index in [-0.39, 0.29) is 5.82 Å². The summed E-state index contributed by atoms with van der Waals surface area (Å²) < 4.78 is 45.8. The summed E-state index contributed by atoms with van der Waals surface area (Å²) in [4.78, 5) is 13.0. The minimum absolute atomic E-state index is 0.296. The maximum Gasteiger partial charge on any atom is 0.490 e. The smallest absolute Gasteiger partial charge is 0.475 e. The van der Waals surface area contributed by atoms with Gasteiger partial charge < -0.3 is 15.7 Å². The Labute approximate surface area is 125 Å². The molecule has 0 saturated carbocycles. The number of nitrogens with zero attached hydrogens (tertiary/aromatic N) is 1. The van der Waals surface area contributed by atoms with Crippen molar-refractivity contribution in [1.82, 2.24) is 5.32 Å². The molecule has 0 aliphatic carbocycles. The largest absolute Gasteiger partial charge is 0.490 e. The molecule has 0 unspecified atom stereocenters. The zero-order valence-corrected chi connectivity index (χ0v) is 11.9. The molecule has 10 heteroatoms. The maximum absolute atomic E-state index is 13.3. The van der Waals surface area contributed by atoms with E-state index < -0.39 is 12.1 Å². The Balaban J connectivity index is 0.000000270. The number of carboxylic acids is 1. The van der Waals surface area contributed by atoms with E-state index in [1.165, 1.54) is 6.07 Å². The Hall–Kier alpha value is -1.84. The van der Waals surface area contributed by atoms with Crippen LogP contribution in [0, 0.1) is 5.82 Å². The van der Waals surface area contributed by atoms with Gasteiger partial charge in [-0.2, -0.15) is 13.2 Å². The number of anilines is 1. The van der Waals surface area contributed by atoms with Crippen LogP contribution in [0.1, 0.15) is 0 Å². The van der Waals surface area contributed by atoms with Crippen molar-refractivity contribution in [3.8, 4) is 0 Å². The Kier molecular flexibility index (Phi) is 5.94. The van der Waals surface area contributed by atoms with Crippen LogP contribution in [-0.2, 0) is 4.79 Å². The minimum atomic E-state index is -5.08. The summed E-state index contributed by atoms with van der Waals surface area (Å²) in [6.45, 7) is 1.53. The van der Waals surface area contributed by atoms with E-state index in [1.807, 2.05) is 0 Å². The molecule has 1 heterocycles. The van der Waals surface area contributed by atoms with Crippen molar-refractivity contribution in [2.45, 2.75) is 6.18 Å². The third-order valence-corrected chi connectivity index (χ3v) is 2.78. The fourth-order valence-corrected chi connectivity index (χ4v) is 1.66. The summed E-state index contributed by atoms with van der Waals surface area (Å²) in [5.74, 6) is -2.43. The highest BCUT2D eigenvalue weighted by atomic mass is 79.9. The second-order valence-corrected chi connectivity index (χ2v) is 4.54. The summed E-state index contributed by atoms with van der Waals surface area (Å²) in [5, 5.41) is 13.0. The number of carboxylic acid groups (broad SMARTS) is 1. The SMILES string of the molecule is Fc1cccc(Br)c1NC1=NCCN1.O=C(O)C(F)(F)F. The Morgan fingerprint density at radius 1 is 1.43 bits per heavy atom. The molecule has 1 aliphatic heterocycles. The highest BCUT2D eigenvalue weighted by molar-refractivity contribution is 9.10. The Morgan fingerprint density at radius 2 is 2.05 bits per heavy atom. The highest BCUT2D eigenvalue weighted by Crippen LogP contribution is 2.25. The van der Waals surface area contributed by atoms with Gasteiger partial charge in [0.1, 0.15) is 5.82 Å².